The van der Waals surface area contributed by atoms with Gasteiger partial charge in [-0.2, -0.15) is 0 Å². The number of hydrogen-bond acceptors (Lipinski definition) is 3. The molecule has 1 rings (SSSR count). The minimum Gasteiger partial charge on any atom is -0.450 e. The number of ether oxygens (including phenoxy) is 1. The van der Waals surface area contributed by atoms with Gasteiger partial charge in [0.05, 0.1) is 11.4 Å². The second kappa shape index (κ2) is 6.08. The van der Waals surface area contributed by atoms with E-state index >= 15 is 0 Å². The molecule has 16 heavy (non-hydrogen) atoms. The molecular weight excluding hydrogens is 276 g/mol. The Morgan fingerprint density at radius 3 is 2.50 bits per heavy atom. The Morgan fingerprint density at radius 1 is 1.50 bits per heavy atom. The van der Waals surface area contributed by atoms with Crippen molar-refractivity contribution >= 4 is 27.9 Å². The molecule has 5 nitrogen and oxygen atoms in total. The van der Waals surface area contributed by atoms with E-state index in [1.54, 1.807) is 11.8 Å². The molecule has 92 valence electrons. The summed E-state index contributed by atoms with van der Waals surface area (Å²) >= 11 is 3.28. The van der Waals surface area contributed by atoms with Gasteiger partial charge < -0.3 is 15.4 Å². The number of carbonyl (C=O) groups excluding carboxylic acids is 2. The van der Waals surface area contributed by atoms with Gasteiger partial charge in [-0.1, -0.05) is 15.9 Å². The lowest BCUT2D eigenvalue weighted by atomic mass is 9.93. The van der Waals surface area contributed by atoms with E-state index in [1.165, 1.54) is 0 Å². The number of rotatable bonds is 3. The van der Waals surface area contributed by atoms with Crippen LogP contribution in [0.5, 0.6) is 0 Å². The van der Waals surface area contributed by atoms with Crippen molar-refractivity contribution in [3.05, 3.63) is 0 Å². The maximum absolute atomic E-state index is 11.4. The molecule has 0 radical (unpaired) electrons. The lowest BCUT2D eigenvalue weighted by Crippen LogP contribution is -2.43. The minimum atomic E-state index is -0.338. The highest BCUT2D eigenvalue weighted by atomic mass is 79.9. The van der Waals surface area contributed by atoms with Gasteiger partial charge in [-0.05, 0) is 25.7 Å². The molecule has 6 heteroatoms. The fourth-order valence-corrected chi connectivity index (χ4v) is 2.35. The Hall–Kier alpha value is -0.780. The van der Waals surface area contributed by atoms with Crippen LogP contribution in [0.1, 0.15) is 19.8 Å². The van der Waals surface area contributed by atoms with Crippen molar-refractivity contribution < 1.29 is 14.3 Å². The van der Waals surface area contributed by atoms with Crippen LogP contribution in [0.3, 0.4) is 0 Å². The zero-order valence-electron chi connectivity index (χ0n) is 9.32. The smallest absolute Gasteiger partial charge is 0.409 e. The average molecular weight is 293 g/mol. The van der Waals surface area contributed by atoms with Gasteiger partial charge in [0.15, 0.2) is 0 Å². The zero-order valence-corrected chi connectivity index (χ0v) is 10.9. The van der Waals surface area contributed by atoms with Crippen LogP contribution < -0.4 is 5.73 Å². The van der Waals surface area contributed by atoms with E-state index in [-0.39, 0.29) is 22.7 Å². The van der Waals surface area contributed by atoms with Crippen molar-refractivity contribution in [1.29, 1.82) is 0 Å². The van der Waals surface area contributed by atoms with Crippen LogP contribution in [0.15, 0.2) is 0 Å². The van der Waals surface area contributed by atoms with Crippen LogP contribution in [0.25, 0.3) is 0 Å². The number of halogens is 1. The molecule has 1 saturated heterocycles. The fraction of sp³-hybridized carbons (Fsp3) is 0.800. The summed E-state index contributed by atoms with van der Waals surface area (Å²) in [6.07, 6.45) is 1.28. The van der Waals surface area contributed by atoms with Crippen LogP contribution >= 0.6 is 15.9 Å². The van der Waals surface area contributed by atoms with Gasteiger partial charge in [0.25, 0.3) is 0 Å². The monoisotopic (exact) mass is 292 g/mol. The Bertz CT molecular complexity index is 265. The number of amides is 2. The van der Waals surface area contributed by atoms with E-state index in [9.17, 15) is 9.59 Å². The van der Waals surface area contributed by atoms with Crippen LogP contribution in [0, 0.1) is 5.92 Å². The first kappa shape index (κ1) is 13.3. The summed E-state index contributed by atoms with van der Waals surface area (Å²) in [6.45, 7) is 3.42. The number of hydrogen-bond donors (Lipinski definition) is 1. The Kier molecular flexibility index (Phi) is 5.05. The minimum absolute atomic E-state index is 0.211. The third-order valence-electron chi connectivity index (χ3n) is 2.75. The van der Waals surface area contributed by atoms with Gasteiger partial charge in [0, 0.05) is 13.1 Å². The van der Waals surface area contributed by atoms with E-state index in [0.29, 0.717) is 19.7 Å². The van der Waals surface area contributed by atoms with Crippen molar-refractivity contribution in [1.82, 2.24) is 4.90 Å². The largest absolute Gasteiger partial charge is 0.450 e. The molecule has 0 aromatic heterocycles. The summed E-state index contributed by atoms with van der Waals surface area (Å²) in [4.78, 5) is 23.8. The SMILES string of the molecule is CCOC(=O)N1CCC(C(Br)C(N)=O)CC1. The molecule has 1 atom stereocenters. The summed E-state index contributed by atoms with van der Waals surface area (Å²) in [5.74, 6) is -0.127. The fourth-order valence-electron chi connectivity index (χ4n) is 1.82. The third-order valence-corrected chi connectivity index (χ3v) is 3.95. The topological polar surface area (TPSA) is 72.6 Å². The lowest BCUT2D eigenvalue weighted by molar-refractivity contribution is -0.118. The maximum atomic E-state index is 11.4. The van der Waals surface area contributed by atoms with E-state index in [2.05, 4.69) is 15.9 Å². The second-order valence-electron chi connectivity index (χ2n) is 3.83. The predicted molar refractivity (Wildman–Crippen MR) is 63.2 cm³/mol. The molecule has 1 heterocycles. The second-order valence-corrected chi connectivity index (χ2v) is 4.81. The van der Waals surface area contributed by atoms with Crippen LogP contribution in [0.4, 0.5) is 4.79 Å². The first-order chi connectivity index (χ1) is 7.56. The highest BCUT2D eigenvalue weighted by molar-refractivity contribution is 9.10. The predicted octanol–water partition coefficient (Wildman–Crippen LogP) is 1.10. The van der Waals surface area contributed by atoms with E-state index < -0.39 is 0 Å². The normalized spacial score (nSPS) is 19.2. The Morgan fingerprint density at radius 2 is 2.06 bits per heavy atom. The van der Waals surface area contributed by atoms with Crippen LogP contribution in [-0.2, 0) is 9.53 Å². The average Bonchev–Trinajstić information content (AvgIpc) is 2.28. The third kappa shape index (κ3) is 3.37. The van der Waals surface area contributed by atoms with Crippen molar-refractivity contribution in [2.45, 2.75) is 24.6 Å². The Labute approximate surface area is 103 Å². The molecule has 1 fully saturated rings. The quantitative estimate of drug-likeness (QED) is 0.792. The van der Waals surface area contributed by atoms with Crippen molar-refractivity contribution in [3.8, 4) is 0 Å². The molecule has 1 aliphatic rings. The Balaban J connectivity index is 2.39. The number of piperidine rings is 1. The summed E-state index contributed by atoms with van der Waals surface area (Å²) in [7, 11) is 0. The standard InChI is InChI=1S/C10H17BrN2O3/c1-2-16-10(15)13-5-3-7(4-6-13)8(11)9(12)14/h7-8H,2-6H2,1H3,(H2,12,14). The van der Waals surface area contributed by atoms with E-state index in [0.717, 1.165) is 12.8 Å². The van der Waals surface area contributed by atoms with Gasteiger partial charge in [-0.15, -0.1) is 0 Å². The number of alkyl halides is 1. The van der Waals surface area contributed by atoms with E-state index in [1.807, 2.05) is 0 Å². The van der Waals surface area contributed by atoms with Crippen LogP contribution in [-0.4, -0.2) is 41.4 Å². The van der Waals surface area contributed by atoms with Crippen LogP contribution in [0.2, 0.25) is 0 Å². The molecular formula is C10H17BrN2O3. The summed E-state index contributed by atoms with van der Waals surface area (Å²) < 4.78 is 4.91. The van der Waals surface area contributed by atoms with Crippen molar-refractivity contribution in [2.24, 2.45) is 11.7 Å². The molecule has 0 bridgehead atoms. The summed E-state index contributed by atoms with van der Waals surface area (Å²) in [6, 6.07) is 0. The highest BCUT2D eigenvalue weighted by Crippen LogP contribution is 2.25. The van der Waals surface area contributed by atoms with Crippen molar-refractivity contribution in [2.75, 3.05) is 19.7 Å². The van der Waals surface area contributed by atoms with Gasteiger partial charge in [0.1, 0.15) is 0 Å². The first-order valence-corrected chi connectivity index (χ1v) is 6.33. The van der Waals surface area contributed by atoms with E-state index in [4.69, 9.17) is 10.5 Å². The summed E-state index contributed by atoms with van der Waals surface area (Å²) in [5.41, 5.74) is 5.22. The maximum Gasteiger partial charge on any atom is 0.409 e. The molecule has 1 unspecified atom stereocenters. The number of nitrogens with two attached hydrogens (primary N) is 1. The van der Waals surface area contributed by atoms with Gasteiger partial charge in [-0.25, -0.2) is 4.79 Å². The molecule has 0 saturated carbocycles. The number of likely N-dealkylation sites (tertiary alicyclic amines) is 1. The highest BCUT2D eigenvalue weighted by Gasteiger charge is 2.30. The van der Waals surface area contributed by atoms with Gasteiger partial charge >= 0.3 is 6.09 Å². The zero-order chi connectivity index (χ0) is 12.1. The number of nitrogens with zero attached hydrogens (tertiary/aromatic N) is 1. The first-order valence-electron chi connectivity index (χ1n) is 5.41. The summed E-state index contributed by atoms with van der Waals surface area (Å²) in [5, 5.41) is 0. The van der Waals surface area contributed by atoms with Gasteiger partial charge in [0.2, 0.25) is 5.91 Å². The molecule has 0 spiro atoms. The van der Waals surface area contributed by atoms with Gasteiger partial charge in [-0.3, -0.25) is 4.79 Å². The number of primary amides is 1. The molecule has 2 N–H and O–H groups in total. The number of carbonyl (C=O) groups is 2. The molecule has 0 aromatic rings. The van der Waals surface area contributed by atoms with Crippen molar-refractivity contribution in [3.63, 3.8) is 0 Å². The molecule has 2 amide bonds. The lowest BCUT2D eigenvalue weighted by Gasteiger charge is -2.32. The molecule has 1 aliphatic heterocycles. The molecule has 0 aliphatic carbocycles. The molecule has 0 aromatic carbocycles.